The SMILES string of the molecule is CC(C)[C@H](NC(=O)N[C@H](C(=O)N1C[C@H]2[C@@H]([C@H]1C(=O)NC(CC1CC1)C(=O)C(N)=O)C2(C)C)C(C)(C)C)C(N=O)C1CC1. The van der Waals surface area contributed by atoms with Crippen LogP contribution in [-0.2, 0) is 19.2 Å². The van der Waals surface area contributed by atoms with Crippen molar-refractivity contribution in [3.8, 4) is 0 Å². The third kappa shape index (κ3) is 6.62. The second kappa shape index (κ2) is 11.6. The van der Waals surface area contributed by atoms with E-state index in [1.165, 1.54) is 4.90 Å². The summed E-state index contributed by atoms with van der Waals surface area (Å²) in [5.74, 6) is -2.49. The average molecular weight is 589 g/mol. The van der Waals surface area contributed by atoms with E-state index < -0.39 is 65.2 Å². The zero-order chi connectivity index (χ0) is 31.3. The number of hydrogen-bond acceptors (Lipinski definition) is 7. The highest BCUT2D eigenvalue weighted by Gasteiger charge is 2.70. The minimum absolute atomic E-state index is 0.0458. The van der Waals surface area contributed by atoms with Crippen LogP contribution in [0.2, 0.25) is 0 Å². The Kier molecular flexibility index (Phi) is 8.77. The summed E-state index contributed by atoms with van der Waals surface area (Å²) < 4.78 is 0. The van der Waals surface area contributed by atoms with Gasteiger partial charge in [-0.05, 0) is 59.7 Å². The first-order chi connectivity index (χ1) is 19.5. The van der Waals surface area contributed by atoms with E-state index in [-0.39, 0.29) is 35.0 Å². The van der Waals surface area contributed by atoms with Crippen molar-refractivity contribution >= 4 is 29.5 Å². The number of urea groups is 1. The molecule has 0 aromatic rings. The fraction of sp³-hybridized carbons (Fsp3) is 0.833. The molecule has 42 heavy (non-hydrogen) atoms. The number of likely N-dealkylation sites (tertiary alicyclic amines) is 1. The number of hydrogen-bond donors (Lipinski definition) is 4. The number of fused-ring (bicyclic) bond motifs is 1. The number of nitrogens with one attached hydrogen (secondary N) is 3. The van der Waals surface area contributed by atoms with E-state index in [1.807, 2.05) is 34.6 Å². The minimum atomic E-state index is -1.10. The van der Waals surface area contributed by atoms with Crippen molar-refractivity contribution in [3.63, 3.8) is 0 Å². The smallest absolute Gasteiger partial charge is 0.315 e. The number of ketones is 1. The van der Waals surface area contributed by atoms with Crippen molar-refractivity contribution in [3.05, 3.63) is 4.91 Å². The normalized spacial score (nSPS) is 27.2. The fourth-order valence-corrected chi connectivity index (χ4v) is 6.83. The Bertz CT molecular complexity index is 1120. The molecule has 5 N–H and O–H groups in total. The number of primary amides is 1. The molecule has 0 aromatic carbocycles. The standard InChI is InChI=1S/C30H48N6O6/c1-14(2)20(21(35-42)16-10-11-16)33-28(41)34-24(29(3,4)5)27(40)36-13-17-19(30(17,6)7)22(36)26(39)32-18(12-15-8-9-15)23(37)25(31)38/h14-22,24H,8-13H2,1-7H3,(H2,31,38)(H,32,39)(H2,33,34,41)/t17-,18?,19-,20-,21?,22-,24+/m0/s1. The summed E-state index contributed by atoms with van der Waals surface area (Å²) in [6, 6.07) is -4.43. The number of nitrogens with zero attached hydrogens (tertiary/aromatic N) is 2. The molecule has 7 atom stereocenters. The van der Waals surface area contributed by atoms with Crippen LogP contribution in [0.4, 0.5) is 4.79 Å². The number of carbonyl (C=O) groups is 5. The Morgan fingerprint density at radius 1 is 1.00 bits per heavy atom. The maximum absolute atomic E-state index is 14.2. The van der Waals surface area contributed by atoms with E-state index in [0.29, 0.717) is 13.0 Å². The van der Waals surface area contributed by atoms with Crippen LogP contribution in [0.25, 0.3) is 0 Å². The Labute approximate surface area is 248 Å². The highest BCUT2D eigenvalue weighted by atomic mass is 16.3. The van der Waals surface area contributed by atoms with Gasteiger partial charge in [-0.15, -0.1) is 0 Å². The predicted molar refractivity (Wildman–Crippen MR) is 156 cm³/mol. The molecule has 0 aromatic heterocycles. The number of piperidine rings is 1. The Balaban J connectivity index is 1.52. The molecule has 4 rings (SSSR count). The molecule has 4 fully saturated rings. The number of rotatable bonds is 13. The highest BCUT2D eigenvalue weighted by molar-refractivity contribution is 6.37. The molecule has 12 heteroatoms. The Morgan fingerprint density at radius 3 is 2.10 bits per heavy atom. The summed E-state index contributed by atoms with van der Waals surface area (Å²) in [5.41, 5.74) is 4.39. The van der Waals surface area contributed by atoms with E-state index in [4.69, 9.17) is 5.73 Å². The van der Waals surface area contributed by atoms with E-state index in [0.717, 1.165) is 25.7 Å². The summed E-state index contributed by atoms with van der Waals surface area (Å²) in [6.45, 7) is 13.8. The van der Waals surface area contributed by atoms with Gasteiger partial charge in [0, 0.05) is 6.54 Å². The lowest BCUT2D eigenvalue weighted by Gasteiger charge is -2.38. The first-order valence-corrected chi connectivity index (χ1v) is 15.3. The third-order valence-corrected chi connectivity index (χ3v) is 9.90. The molecule has 3 aliphatic carbocycles. The van der Waals surface area contributed by atoms with Crippen molar-refractivity contribution in [1.82, 2.24) is 20.9 Å². The van der Waals surface area contributed by atoms with Crippen molar-refractivity contribution in [1.29, 1.82) is 0 Å². The lowest BCUT2D eigenvalue weighted by molar-refractivity contribution is -0.145. The summed E-state index contributed by atoms with van der Waals surface area (Å²) in [7, 11) is 0. The maximum atomic E-state index is 14.2. The molecule has 3 saturated carbocycles. The third-order valence-electron chi connectivity index (χ3n) is 9.90. The summed E-state index contributed by atoms with van der Waals surface area (Å²) in [5, 5.41) is 11.8. The molecule has 1 heterocycles. The van der Waals surface area contributed by atoms with Gasteiger partial charge in [-0.25, -0.2) is 4.79 Å². The molecular weight excluding hydrogens is 540 g/mol. The van der Waals surface area contributed by atoms with Crippen molar-refractivity contribution in [2.75, 3.05) is 6.54 Å². The van der Waals surface area contributed by atoms with Crippen molar-refractivity contribution in [2.24, 2.45) is 51.3 Å². The van der Waals surface area contributed by atoms with Crippen LogP contribution in [-0.4, -0.2) is 71.2 Å². The van der Waals surface area contributed by atoms with Gasteiger partial charge in [-0.3, -0.25) is 19.2 Å². The van der Waals surface area contributed by atoms with Gasteiger partial charge in [0.15, 0.2) is 0 Å². The summed E-state index contributed by atoms with van der Waals surface area (Å²) >= 11 is 0. The average Bonchev–Trinajstić information content (AvgIpc) is 3.84. The lowest BCUT2D eigenvalue weighted by atomic mass is 9.85. The van der Waals surface area contributed by atoms with Crippen LogP contribution in [0.5, 0.6) is 0 Å². The van der Waals surface area contributed by atoms with Gasteiger partial charge in [-0.1, -0.05) is 66.5 Å². The maximum Gasteiger partial charge on any atom is 0.315 e. The molecule has 1 aliphatic heterocycles. The molecule has 0 spiro atoms. The molecule has 5 amide bonds. The van der Waals surface area contributed by atoms with Crippen LogP contribution in [0, 0.1) is 45.3 Å². The molecule has 12 nitrogen and oxygen atoms in total. The highest BCUT2D eigenvalue weighted by Crippen LogP contribution is 2.65. The molecule has 234 valence electrons. The summed E-state index contributed by atoms with van der Waals surface area (Å²) in [6.07, 6.45) is 3.98. The fourth-order valence-electron chi connectivity index (χ4n) is 6.83. The molecular formula is C30H48N6O6. The van der Waals surface area contributed by atoms with E-state index >= 15 is 0 Å². The second-order valence-corrected chi connectivity index (χ2v) is 15.0. The number of carbonyl (C=O) groups excluding carboxylic acids is 5. The van der Waals surface area contributed by atoms with Gasteiger partial charge >= 0.3 is 6.03 Å². The quantitative estimate of drug-likeness (QED) is 0.189. The molecule has 2 unspecified atom stereocenters. The predicted octanol–water partition coefficient (Wildman–Crippen LogP) is 2.09. The van der Waals surface area contributed by atoms with E-state index in [2.05, 4.69) is 35.0 Å². The van der Waals surface area contributed by atoms with Gasteiger partial charge < -0.3 is 26.6 Å². The first kappa shape index (κ1) is 31.9. The number of nitrogens with two attached hydrogens (primary N) is 1. The van der Waals surface area contributed by atoms with Crippen LogP contribution in [0.15, 0.2) is 5.18 Å². The monoisotopic (exact) mass is 588 g/mol. The largest absolute Gasteiger partial charge is 0.363 e. The number of Topliss-reactive ketones (excluding diaryl/α,β-unsaturated/α-hetero) is 1. The van der Waals surface area contributed by atoms with Crippen LogP contribution >= 0.6 is 0 Å². The van der Waals surface area contributed by atoms with Gasteiger partial charge in [0.2, 0.25) is 17.6 Å². The van der Waals surface area contributed by atoms with E-state index in [9.17, 15) is 28.9 Å². The first-order valence-electron chi connectivity index (χ1n) is 15.3. The zero-order valence-electron chi connectivity index (χ0n) is 25.9. The molecule has 1 saturated heterocycles. The molecule has 4 aliphatic rings. The van der Waals surface area contributed by atoms with Crippen LogP contribution < -0.4 is 21.7 Å². The van der Waals surface area contributed by atoms with Crippen LogP contribution in [0.1, 0.15) is 80.6 Å². The van der Waals surface area contributed by atoms with Crippen LogP contribution in [0.3, 0.4) is 0 Å². The van der Waals surface area contributed by atoms with Gasteiger partial charge in [-0.2, -0.15) is 4.91 Å². The zero-order valence-corrected chi connectivity index (χ0v) is 25.9. The Morgan fingerprint density at radius 2 is 1.62 bits per heavy atom. The van der Waals surface area contributed by atoms with E-state index in [1.54, 1.807) is 0 Å². The summed E-state index contributed by atoms with van der Waals surface area (Å²) in [4.78, 5) is 78.6. The van der Waals surface area contributed by atoms with Crippen molar-refractivity contribution in [2.45, 2.75) is 111 Å². The number of nitroso groups, excluding NO2 is 1. The number of amides is 5. The molecule has 0 radical (unpaired) electrons. The topological polar surface area (TPSA) is 180 Å². The van der Waals surface area contributed by atoms with Gasteiger partial charge in [0.25, 0.3) is 5.91 Å². The Hall–Kier alpha value is -3.05. The van der Waals surface area contributed by atoms with Gasteiger partial charge in [0.1, 0.15) is 18.1 Å². The lowest BCUT2D eigenvalue weighted by Crippen LogP contribution is -2.62. The second-order valence-electron chi connectivity index (χ2n) is 15.0. The minimum Gasteiger partial charge on any atom is -0.363 e. The van der Waals surface area contributed by atoms with Crippen molar-refractivity contribution < 1.29 is 24.0 Å². The van der Waals surface area contributed by atoms with Gasteiger partial charge in [0.05, 0.1) is 12.1 Å². The molecule has 0 bridgehead atoms.